The van der Waals surface area contributed by atoms with Crippen LogP contribution in [0.5, 0.6) is 5.75 Å². The Morgan fingerprint density at radius 3 is 2.22 bits per heavy atom. The first-order valence-electron chi connectivity index (χ1n) is 13.3. The molecule has 41 heavy (non-hydrogen) atoms. The molecule has 8 heteroatoms. The second-order valence-corrected chi connectivity index (χ2v) is 13.0. The van der Waals surface area contributed by atoms with E-state index in [0.29, 0.717) is 22.5 Å². The molecule has 0 fully saturated rings. The lowest BCUT2D eigenvalue weighted by molar-refractivity contribution is -0.122. The number of ether oxygens (including phenoxy) is 1. The van der Waals surface area contributed by atoms with Gasteiger partial charge in [0.1, 0.15) is 5.75 Å². The second kappa shape index (κ2) is 10.9. The maximum atomic E-state index is 13.6. The summed E-state index contributed by atoms with van der Waals surface area (Å²) >= 11 is 0. The minimum Gasteiger partial charge on any atom is -0.476 e. The molecule has 0 aromatic heterocycles. The van der Waals surface area contributed by atoms with Gasteiger partial charge in [-0.1, -0.05) is 87.0 Å². The molecule has 1 amide bonds. The third-order valence-electron chi connectivity index (χ3n) is 7.04. The van der Waals surface area contributed by atoms with Crippen LogP contribution in [0, 0.1) is 6.92 Å². The molecule has 0 saturated carbocycles. The Labute approximate surface area is 240 Å². The summed E-state index contributed by atoms with van der Waals surface area (Å²) in [5.41, 5.74) is 3.77. The van der Waals surface area contributed by atoms with Crippen molar-refractivity contribution in [1.29, 1.82) is 0 Å². The van der Waals surface area contributed by atoms with Crippen molar-refractivity contribution in [3.63, 3.8) is 0 Å². The van der Waals surface area contributed by atoms with Crippen molar-refractivity contribution >= 4 is 33.1 Å². The summed E-state index contributed by atoms with van der Waals surface area (Å²) in [6.07, 6.45) is -1.12. The number of ketones is 1. The molecule has 4 aromatic carbocycles. The van der Waals surface area contributed by atoms with E-state index < -0.39 is 22.0 Å². The number of hydrogen-bond acceptors (Lipinski definition) is 5. The van der Waals surface area contributed by atoms with Gasteiger partial charge in [0.25, 0.3) is 15.9 Å². The van der Waals surface area contributed by atoms with Crippen LogP contribution in [-0.4, -0.2) is 32.8 Å². The molecule has 0 aliphatic carbocycles. The summed E-state index contributed by atoms with van der Waals surface area (Å²) in [4.78, 5) is 26.7. The van der Waals surface area contributed by atoms with E-state index in [4.69, 9.17) is 4.74 Å². The van der Waals surface area contributed by atoms with Crippen LogP contribution in [0.3, 0.4) is 0 Å². The number of carbonyl (C=O) groups is 2. The number of fused-ring (bicyclic) bond motifs is 1. The van der Waals surface area contributed by atoms with Gasteiger partial charge in [-0.3, -0.25) is 13.9 Å². The van der Waals surface area contributed by atoms with Gasteiger partial charge in [0.15, 0.2) is 11.9 Å². The quantitative estimate of drug-likeness (QED) is 0.283. The van der Waals surface area contributed by atoms with E-state index in [1.165, 1.54) is 4.31 Å². The highest BCUT2D eigenvalue weighted by Crippen LogP contribution is 2.37. The van der Waals surface area contributed by atoms with Crippen LogP contribution in [-0.2, 0) is 20.2 Å². The first-order chi connectivity index (χ1) is 19.4. The Morgan fingerprint density at radius 1 is 0.854 bits per heavy atom. The highest BCUT2D eigenvalue weighted by Gasteiger charge is 2.37. The normalized spacial score (nSPS) is 15.0. The average molecular weight is 569 g/mol. The second-order valence-electron chi connectivity index (χ2n) is 11.1. The fraction of sp³-hybridized carbons (Fsp3) is 0.212. The lowest BCUT2D eigenvalue weighted by Crippen LogP contribution is -2.48. The molecule has 0 saturated heterocycles. The van der Waals surface area contributed by atoms with E-state index in [1.54, 1.807) is 72.8 Å². The predicted octanol–water partition coefficient (Wildman–Crippen LogP) is 6.12. The molecule has 4 aromatic rings. The van der Waals surface area contributed by atoms with Gasteiger partial charge in [-0.05, 0) is 54.3 Å². The molecule has 1 heterocycles. The van der Waals surface area contributed by atoms with Crippen molar-refractivity contribution in [2.45, 2.75) is 44.1 Å². The summed E-state index contributed by atoms with van der Waals surface area (Å²) in [5.74, 6) is -0.403. The molecule has 0 spiro atoms. The van der Waals surface area contributed by atoms with Crippen LogP contribution in [0.1, 0.15) is 47.8 Å². The molecule has 0 radical (unpaired) electrons. The van der Waals surface area contributed by atoms with E-state index >= 15 is 0 Å². The maximum absolute atomic E-state index is 13.6. The molecule has 1 atom stereocenters. The lowest BCUT2D eigenvalue weighted by atomic mass is 9.86. The molecule has 7 nitrogen and oxygen atoms in total. The average Bonchev–Trinajstić information content (AvgIpc) is 2.96. The number of sulfonamides is 1. The number of aryl methyl sites for hydroxylation is 1. The number of para-hydroxylation sites is 2. The first-order valence-corrected chi connectivity index (χ1v) is 14.8. The van der Waals surface area contributed by atoms with Crippen molar-refractivity contribution < 1.29 is 22.7 Å². The molecule has 5 rings (SSSR count). The number of rotatable bonds is 6. The Bertz CT molecular complexity index is 1710. The lowest BCUT2D eigenvalue weighted by Gasteiger charge is -2.34. The van der Waals surface area contributed by atoms with E-state index in [2.05, 4.69) is 26.1 Å². The number of benzene rings is 4. The van der Waals surface area contributed by atoms with Gasteiger partial charge in [0, 0.05) is 16.8 Å². The number of anilines is 2. The molecular weight excluding hydrogens is 536 g/mol. The molecule has 210 valence electrons. The molecule has 1 aliphatic rings. The van der Waals surface area contributed by atoms with Crippen LogP contribution in [0.4, 0.5) is 11.4 Å². The predicted molar refractivity (Wildman–Crippen MR) is 160 cm³/mol. The number of carbonyl (C=O) groups excluding carboxylic acids is 2. The van der Waals surface area contributed by atoms with Crippen LogP contribution in [0.2, 0.25) is 0 Å². The van der Waals surface area contributed by atoms with Gasteiger partial charge in [-0.15, -0.1) is 0 Å². The van der Waals surface area contributed by atoms with Crippen molar-refractivity contribution in [3.05, 3.63) is 119 Å². The third kappa shape index (κ3) is 5.88. The standard InChI is InChI=1S/C33H32N2O5S/c1-22-12-18-27(19-13-22)41(38,39)35-21-30(40-29-11-6-5-10-28(29)35)32(37)34-26-9-7-8-24(20-26)31(36)23-14-16-25(17-15-23)33(2,3)4/h5-20,30H,21H2,1-4H3,(H,34,37)/t30-/m0/s1. The van der Waals surface area contributed by atoms with Gasteiger partial charge in [-0.25, -0.2) is 8.42 Å². The monoisotopic (exact) mass is 568 g/mol. The van der Waals surface area contributed by atoms with E-state index in [-0.39, 0.29) is 28.4 Å². The van der Waals surface area contributed by atoms with E-state index in [0.717, 1.165) is 11.1 Å². The summed E-state index contributed by atoms with van der Waals surface area (Å²) in [7, 11) is -3.96. The fourth-order valence-corrected chi connectivity index (χ4v) is 6.13. The smallest absolute Gasteiger partial charge is 0.267 e. The fourth-order valence-electron chi connectivity index (χ4n) is 4.65. The zero-order chi connectivity index (χ0) is 29.4. The summed E-state index contributed by atoms with van der Waals surface area (Å²) in [6, 6.07) is 27.5. The Balaban J connectivity index is 1.37. The Hall–Kier alpha value is -4.43. The largest absolute Gasteiger partial charge is 0.476 e. The molecule has 0 unspecified atom stereocenters. The zero-order valence-electron chi connectivity index (χ0n) is 23.4. The van der Waals surface area contributed by atoms with Gasteiger partial charge in [0.05, 0.1) is 17.1 Å². The van der Waals surface area contributed by atoms with Crippen LogP contribution < -0.4 is 14.4 Å². The summed E-state index contributed by atoms with van der Waals surface area (Å²) in [5, 5.41) is 2.80. The highest BCUT2D eigenvalue weighted by molar-refractivity contribution is 7.92. The van der Waals surface area contributed by atoms with Gasteiger partial charge < -0.3 is 10.1 Å². The van der Waals surface area contributed by atoms with Crippen molar-refractivity contribution in [2.24, 2.45) is 0 Å². The van der Waals surface area contributed by atoms with Crippen molar-refractivity contribution in [1.82, 2.24) is 0 Å². The SMILES string of the molecule is Cc1ccc(S(=O)(=O)N2C[C@@H](C(=O)Nc3cccc(C(=O)c4ccc(C(C)(C)C)cc4)c3)Oc3ccccc32)cc1. The molecule has 1 aliphatic heterocycles. The van der Waals surface area contributed by atoms with Gasteiger partial charge in [-0.2, -0.15) is 0 Å². The van der Waals surface area contributed by atoms with Crippen LogP contribution in [0.25, 0.3) is 0 Å². The number of nitrogens with zero attached hydrogens (tertiary/aromatic N) is 1. The van der Waals surface area contributed by atoms with Crippen LogP contribution in [0.15, 0.2) is 102 Å². The van der Waals surface area contributed by atoms with Gasteiger partial charge >= 0.3 is 0 Å². The third-order valence-corrected chi connectivity index (χ3v) is 8.84. The van der Waals surface area contributed by atoms with E-state index in [9.17, 15) is 18.0 Å². The van der Waals surface area contributed by atoms with Crippen molar-refractivity contribution in [2.75, 3.05) is 16.2 Å². The molecular formula is C33H32N2O5S. The van der Waals surface area contributed by atoms with Crippen molar-refractivity contribution in [3.8, 4) is 5.75 Å². The summed E-state index contributed by atoms with van der Waals surface area (Å²) < 4.78 is 34.4. The zero-order valence-corrected chi connectivity index (χ0v) is 24.2. The Kier molecular flexibility index (Phi) is 7.44. The maximum Gasteiger partial charge on any atom is 0.267 e. The first kappa shape index (κ1) is 28.1. The number of amides is 1. The van der Waals surface area contributed by atoms with E-state index in [1.807, 2.05) is 31.2 Å². The highest BCUT2D eigenvalue weighted by atomic mass is 32.2. The van der Waals surface area contributed by atoms with Gasteiger partial charge in [0.2, 0.25) is 0 Å². The van der Waals surface area contributed by atoms with Crippen LogP contribution >= 0.6 is 0 Å². The minimum atomic E-state index is -3.96. The number of hydrogen-bond donors (Lipinski definition) is 1. The minimum absolute atomic E-state index is 0.0253. The molecule has 0 bridgehead atoms. The topological polar surface area (TPSA) is 92.8 Å². The molecule has 1 N–H and O–H groups in total. The summed E-state index contributed by atoms with van der Waals surface area (Å²) in [6.45, 7) is 8.01. The Morgan fingerprint density at radius 2 is 1.54 bits per heavy atom. The number of nitrogens with one attached hydrogen (secondary N) is 1.